The second-order valence-electron chi connectivity index (χ2n) is 7.79. The summed E-state index contributed by atoms with van der Waals surface area (Å²) in [7, 11) is 0. The second-order valence-corrected chi connectivity index (χ2v) is 7.79. The van der Waals surface area contributed by atoms with Gasteiger partial charge in [-0.1, -0.05) is 6.07 Å². The third-order valence-electron chi connectivity index (χ3n) is 5.99. The molecule has 0 radical (unpaired) electrons. The molecule has 1 aromatic rings. The topological polar surface area (TPSA) is 61.9 Å². The van der Waals surface area contributed by atoms with Crippen LogP contribution in [0.1, 0.15) is 38.5 Å². The highest BCUT2D eigenvalue weighted by Crippen LogP contribution is 2.39. The number of hydrogen-bond donors (Lipinski definition) is 1. The zero-order chi connectivity index (χ0) is 18.9. The molecule has 3 saturated heterocycles. The summed E-state index contributed by atoms with van der Waals surface area (Å²) in [4.78, 5) is 28.6. The highest BCUT2D eigenvalue weighted by atomic mass is 19.1. The number of carbonyl (C=O) groups excluding carboxylic acids is 2. The number of amides is 3. The van der Waals surface area contributed by atoms with E-state index in [1.54, 1.807) is 17.0 Å². The van der Waals surface area contributed by atoms with E-state index in [-0.39, 0.29) is 29.5 Å². The van der Waals surface area contributed by atoms with E-state index < -0.39 is 0 Å². The van der Waals surface area contributed by atoms with Crippen LogP contribution in [0.3, 0.4) is 0 Å². The Labute approximate surface area is 158 Å². The lowest BCUT2D eigenvalue weighted by atomic mass is 9.88. The van der Waals surface area contributed by atoms with Gasteiger partial charge in [0.25, 0.3) is 5.91 Å². The summed E-state index contributed by atoms with van der Waals surface area (Å²) in [6.07, 6.45) is 4.94. The first-order chi connectivity index (χ1) is 13.0. The van der Waals surface area contributed by atoms with Crippen molar-refractivity contribution < 1.29 is 18.7 Å². The summed E-state index contributed by atoms with van der Waals surface area (Å²) in [5.74, 6) is -0.242. The van der Waals surface area contributed by atoms with Crippen LogP contribution in [0.15, 0.2) is 24.3 Å². The van der Waals surface area contributed by atoms with E-state index in [2.05, 4.69) is 5.32 Å². The van der Waals surface area contributed by atoms with Gasteiger partial charge < -0.3 is 19.9 Å². The van der Waals surface area contributed by atoms with E-state index in [0.717, 1.165) is 51.6 Å². The molecule has 4 rings (SSSR count). The maximum absolute atomic E-state index is 13.3. The second kappa shape index (κ2) is 7.46. The fourth-order valence-electron chi connectivity index (χ4n) is 4.38. The fourth-order valence-corrected chi connectivity index (χ4v) is 4.38. The SMILES string of the molecule is O=C(Nc1cccc(F)c1)N1CCC2(CC[C@@H](C(=O)N3CCCC3)O2)CC1. The molecular weight excluding hydrogens is 349 g/mol. The molecule has 0 saturated carbocycles. The molecular formula is C20H26FN3O3. The van der Waals surface area contributed by atoms with Gasteiger partial charge >= 0.3 is 6.03 Å². The summed E-state index contributed by atoms with van der Waals surface area (Å²) in [5, 5.41) is 2.74. The predicted octanol–water partition coefficient (Wildman–Crippen LogP) is 2.99. The molecule has 3 aliphatic heterocycles. The first-order valence-corrected chi connectivity index (χ1v) is 9.83. The van der Waals surface area contributed by atoms with Gasteiger partial charge in [-0.2, -0.15) is 0 Å². The monoisotopic (exact) mass is 375 g/mol. The van der Waals surface area contributed by atoms with Crippen LogP contribution in [0.4, 0.5) is 14.9 Å². The van der Waals surface area contributed by atoms with Crippen molar-refractivity contribution >= 4 is 17.6 Å². The minimum absolute atomic E-state index is 0.135. The summed E-state index contributed by atoms with van der Waals surface area (Å²) in [6.45, 7) is 2.84. The molecule has 0 aliphatic carbocycles. The van der Waals surface area contributed by atoms with Gasteiger partial charge in [0, 0.05) is 31.9 Å². The molecule has 3 aliphatic rings. The molecule has 1 spiro atoms. The Morgan fingerprint density at radius 1 is 1.07 bits per heavy atom. The molecule has 0 unspecified atom stereocenters. The number of piperidine rings is 1. The number of anilines is 1. The van der Waals surface area contributed by atoms with Gasteiger partial charge in [-0.15, -0.1) is 0 Å². The van der Waals surface area contributed by atoms with Crippen LogP contribution >= 0.6 is 0 Å². The number of benzene rings is 1. The molecule has 3 fully saturated rings. The summed E-state index contributed by atoms with van der Waals surface area (Å²) in [6, 6.07) is 5.66. The van der Waals surface area contributed by atoms with Gasteiger partial charge in [-0.3, -0.25) is 4.79 Å². The average molecular weight is 375 g/mol. The van der Waals surface area contributed by atoms with Crippen molar-refractivity contribution in [2.45, 2.75) is 50.2 Å². The van der Waals surface area contributed by atoms with Gasteiger partial charge in [0.2, 0.25) is 0 Å². The van der Waals surface area contributed by atoms with Crippen molar-refractivity contribution in [1.29, 1.82) is 0 Å². The van der Waals surface area contributed by atoms with Crippen molar-refractivity contribution in [2.75, 3.05) is 31.5 Å². The minimum Gasteiger partial charge on any atom is -0.362 e. The molecule has 0 bridgehead atoms. The standard InChI is InChI=1S/C20H26FN3O3/c21-15-4-3-5-16(14-15)22-19(26)24-12-8-20(9-13-24)7-6-17(27-20)18(25)23-10-1-2-11-23/h3-5,14,17H,1-2,6-13H2,(H,22,26)/t17-/m0/s1. The molecule has 6 nitrogen and oxygen atoms in total. The van der Waals surface area contributed by atoms with E-state index in [0.29, 0.717) is 18.8 Å². The largest absolute Gasteiger partial charge is 0.362 e. The molecule has 146 valence electrons. The van der Waals surface area contributed by atoms with Gasteiger partial charge in [-0.25, -0.2) is 9.18 Å². The van der Waals surface area contributed by atoms with Crippen LogP contribution in [0.5, 0.6) is 0 Å². The number of hydrogen-bond acceptors (Lipinski definition) is 3. The minimum atomic E-state index is -0.376. The first-order valence-electron chi connectivity index (χ1n) is 9.83. The number of carbonyl (C=O) groups is 2. The molecule has 1 aromatic carbocycles. The van der Waals surface area contributed by atoms with Crippen LogP contribution in [-0.2, 0) is 9.53 Å². The van der Waals surface area contributed by atoms with Crippen LogP contribution in [0, 0.1) is 5.82 Å². The van der Waals surface area contributed by atoms with E-state index in [9.17, 15) is 14.0 Å². The van der Waals surface area contributed by atoms with Crippen LogP contribution < -0.4 is 5.32 Å². The molecule has 7 heteroatoms. The number of nitrogens with one attached hydrogen (secondary N) is 1. The van der Waals surface area contributed by atoms with Crippen molar-refractivity contribution in [3.63, 3.8) is 0 Å². The molecule has 3 amide bonds. The fraction of sp³-hybridized carbons (Fsp3) is 0.600. The quantitative estimate of drug-likeness (QED) is 0.864. The molecule has 3 heterocycles. The smallest absolute Gasteiger partial charge is 0.321 e. The predicted molar refractivity (Wildman–Crippen MR) is 98.9 cm³/mol. The zero-order valence-electron chi connectivity index (χ0n) is 15.5. The van der Waals surface area contributed by atoms with Crippen molar-refractivity contribution in [3.05, 3.63) is 30.1 Å². The maximum atomic E-state index is 13.3. The highest BCUT2D eigenvalue weighted by molar-refractivity contribution is 5.89. The van der Waals surface area contributed by atoms with Crippen LogP contribution in [0.2, 0.25) is 0 Å². The van der Waals surface area contributed by atoms with Crippen LogP contribution in [0.25, 0.3) is 0 Å². The molecule has 1 N–H and O–H groups in total. The van der Waals surface area contributed by atoms with Gasteiger partial charge in [0.15, 0.2) is 0 Å². The number of urea groups is 1. The number of likely N-dealkylation sites (tertiary alicyclic amines) is 2. The van der Waals surface area contributed by atoms with Gasteiger partial charge in [-0.05, 0) is 56.7 Å². The summed E-state index contributed by atoms with van der Waals surface area (Å²) < 4.78 is 19.5. The lowest BCUT2D eigenvalue weighted by Gasteiger charge is -2.39. The van der Waals surface area contributed by atoms with Crippen molar-refractivity contribution in [1.82, 2.24) is 9.80 Å². The molecule has 1 atom stereocenters. The maximum Gasteiger partial charge on any atom is 0.321 e. The molecule has 0 aromatic heterocycles. The van der Waals surface area contributed by atoms with Gasteiger partial charge in [0.05, 0.1) is 5.60 Å². The Hall–Kier alpha value is -2.15. The lowest BCUT2D eigenvalue weighted by Crippen LogP contribution is -2.48. The summed E-state index contributed by atoms with van der Waals surface area (Å²) in [5.41, 5.74) is 0.170. The Kier molecular flexibility index (Phi) is 5.04. The lowest BCUT2D eigenvalue weighted by molar-refractivity contribution is -0.149. The zero-order valence-corrected chi connectivity index (χ0v) is 15.5. The van der Waals surface area contributed by atoms with Crippen LogP contribution in [-0.4, -0.2) is 59.6 Å². The number of rotatable bonds is 2. The number of nitrogens with zero attached hydrogens (tertiary/aromatic N) is 2. The third-order valence-corrected chi connectivity index (χ3v) is 5.99. The Morgan fingerprint density at radius 3 is 2.52 bits per heavy atom. The van der Waals surface area contributed by atoms with E-state index >= 15 is 0 Å². The highest BCUT2D eigenvalue weighted by Gasteiger charge is 2.46. The number of ether oxygens (including phenoxy) is 1. The molecule has 27 heavy (non-hydrogen) atoms. The Balaban J connectivity index is 1.29. The van der Waals surface area contributed by atoms with E-state index in [1.807, 2.05) is 4.90 Å². The van der Waals surface area contributed by atoms with E-state index in [1.165, 1.54) is 12.1 Å². The average Bonchev–Trinajstić information content (AvgIpc) is 3.32. The third kappa shape index (κ3) is 3.93. The van der Waals surface area contributed by atoms with Crippen molar-refractivity contribution in [2.24, 2.45) is 0 Å². The Bertz CT molecular complexity index is 712. The number of halogens is 1. The summed E-state index contributed by atoms with van der Waals surface area (Å²) >= 11 is 0. The first kappa shape index (κ1) is 18.2. The Morgan fingerprint density at radius 2 is 1.81 bits per heavy atom. The van der Waals surface area contributed by atoms with Crippen molar-refractivity contribution in [3.8, 4) is 0 Å². The van der Waals surface area contributed by atoms with E-state index in [4.69, 9.17) is 4.74 Å². The van der Waals surface area contributed by atoms with Gasteiger partial charge in [0.1, 0.15) is 11.9 Å². The normalized spacial score (nSPS) is 24.4.